The van der Waals surface area contributed by atoms with E-state index >= 15 is 0 Å². The molecule has 0 aliphatic carbocycles. The molecular formula is C16H22N4O6S. The maximum absolute atomic E-state index is 12.6. The Bertz CT molecular complexity index is 989. The Morgan fingerprint density at radius 3 is 2.44 bits per heavy atom. The van der Waals surface area contributed by atoms with Crippen molar-refractivity contribution in [3.05, 3.63) is 34.5 Å². The highest BCUT2D eigenvalue weighted by Gasteiger charge is 2.27. The minimum atomic E-state index is -3.94. The first-order valence-corrected chi connectivity index (χ1v) is 9.55. The molecule has 148 valence electrons. The van der Waals surface area contributed by atoms with Gasteiger partial charge in [0.1, 0.15) is 22.0 Å². The van der Waals surface area contributed by atoms with Crippen molar-refractivity contribution in [2.24, 2.45) is 7.05 Å². The van der Waals surface area contributed by atoms with Gasteiger partial charge in [-0.05, 0) is 33.8 Å². The Balaban J connectivity index is 2.05. The second-order valence-electron chi connectivity index (χ2n) is 6.17. The van der Waals surface area contributed by atoms with Crippen LogP contribution >= 0.6 is 0 Å². The van der Waals surface area contributed by atoms with Gasteiger partial charge in [-0.15, -0.1) is 0 Å². The number of rotatable bonds is 7. The first kappa shape index (κ1) is 20.6. The zero-order valence-corrected chi connectivity index (χ0v) is 16.5. The van der Waals surface area contributed by atoms with Crippen molar-refractivity contribution in [1.29, 1.82) is 0 Å². The number of hydrogen-bond acceptors (Lipinski definition) is 6. The number of nitrogens with one attached hydrogen (secondary N) is 2. The van der Waals surface area contributed by atoms with Crippen molar-refractivity contribution in [1.82, 2.24) is 19.8 Å². The maximum atomic E-state index is 12.6. The molecule has 2 heterocycles. The molecule has 1 unspecified atom stereocenters. The fraction of sp³-hybridized carbons (Fsp3) is 0.438. The van der Waals surface area contributed by atoms with E-state index in [2.05, 4.69) is 15.1 Å². The highest BCUT2D eigenvalue weighted by Crippen LogP contribution is 2.19. The molecule has 0 aliphatic heterocycles. The molecule has 0 fully saturated rings. The first-order chi connectivity index (χ1) is 12.4. The van der Waals surface area contributed by atoms with Crippen LogP contribution in [0.5, 0.6) is 0 Å². The number of hydrogen-bond donors (Lipinski definition) is 3. The van der Waals surface area contributed by atoms with Crippen molar-refractivity contribution < 1.29 is 27.5 Å². The molecule has 0 aliphatic rings. The van der Waals surface area contributed by atoms with Gasteiger partial charge in [-0.3, -0.25) is 9.48 Å². The van der Waals surface area contributed by atoms with Crippen LogP contribution in [0.4, 0.5) is 0 Å². The molecular weight excluding hydrogens is 376 g/mol. The summed E-state index contributed by atoms with van der Waals surface area (Å²) in [5, 5.41) is 15.6. The molecule has 27 heavy (non-hydrogen) atoms. The lowest BCUT2D eigenvalue weighted by molar-refractivity contribution is -0.122. The molecule has 2 aromatic rings. The van der Waals surface area contributed by atoms with Crippen molar-refractivity contribution in [3.63, 3.8) is 0 Å². The third-order valence-corrected chi connectivity index (χ3v) is 5.86. The maximum Gasteiger partial charge on any atom is 0.339 e. The van der Waals surface area contributed by atoms with Gasteiger partial charge in [0, 0.05) is 7.05 Å². The molecule has 2 aromatic heterocycles. The number of nitrogens with zero attached hydrogens (tertiary/aromatic N) is 2. The highest BCUT2D eigenvalue weighted by molar-refractivity contribution is 7.89. The average Bonchev–Trinajstić information content (AvgIpc) is 3.04. The van der Waals surface area contributed by atoms with E-state index in [0.717, 1.165) is 0 Å². The Hall–Kier alpha value is -2.66. The third-order valence-electron chi connectivity index (χ3n) is 4.07. The zero-order valence-electron chi connectivity index (χ0n) is 15.7. The van der Waals surface area contributed by atoms with Crippen molar-refractivity contribution in [2.45, 2.75) is 45.2 Å². The standard InChI is InChI=1S/C16H22N4O6S/c1-8-14(10(3)20(5)18-8)27(24,25)19-9(2)15(21)17-7-12-6-13(16(22)23)11(4)26-12/h6,9,19H,7H2,1-5H3,(H,17,21)(H,22,23). The molecule has 1 atom stereocenters. The molecule has 0 radical (unpaired) electrons. The lowest BCUT2D eigenvalue weighted by Crippen LogP contribution is -2.44. The van der Waals surface area contributed by atoms with E-state index in [1.54, 1.807) is 20.9 Å². The predicted octanol–water partition coefficient (Wildman–Crippen LogP) is 0.620. The predicted molar refractivity (Wildman–Crippen MR) is 94.7 cm³/mol. The van der Waals surface area contributed by atoms with Crippen LogP contribution in [0.1, 0.15) is 40.2 Å². The number of aryl methyl sites for hydroxylation is 3. The molecule has 3 N–H and O–H groups in total. The van der Waals surface area contributed by atoms with E-state index < -0.39 is 27.9 Å². The average molecular weight is 398 g/mol. The number of furan rings is 1. The van der Waals surface area contributed by atoms with Crippen LogP contribution in [0.3, 0.4) is 0 Å². The van der Waals surface area contributed by atoms with Gasteiger partial charge in [0.15, 0.2) is 0 Å². The molecule has 0 bridgehead atoms. The minimum Gasteiger partial charge on any atom is -0.478 e. The Morgan fingerprint density at radius 2 is 1.96 bits per heavy atom. The number of sulfonamides is 1. The van der Waals surface area contributed by atoms with Gasteiger partial charge in [-0.1, -0.05) is 0 Å². The van der Waals surface area contributed by atoms with E-state index in [1.807, 2.05) is 0 Å². The van der Waals surface area contributed by atoms with Gasteiger partial charge in [-0.25, -0.2) is 13.2 Å². The van der Waals surface area contributed by atoms with Gasteiger partial charge < -0.3 is 14.8 Å². The highest BCUT2D eigenvalue weighted by atomic mass is 32.2. The SMILES string of the molecule is Cc1nn(C)c(C)c1S(=O)(=O)NC(C)C(=O)NCc1cc(C(=O)O)c(C)o1. The quantitative estimate of drug-likeness (QED) is 0.620. The lowest BCUT2D eigenvalue weighted by atomic mass is 10.2. The van der Waals surface area contributed by atoms with Gasteiger partial charge >= 0.3 is 5.97 Å². The molecule has 0 saturated carbocycles. The number of amides is 1. The molecule has 2 rings (SSSR count). The van der Waals surface area contributed by atoms with Crippen LogP contribution in [0.15, 0.2) is 15.4 Å². The number of aromatic nitrogens is 2. The first-order valence-electron chi connectivity index (χ1n) is 8.07. The van der Waals surface area contributed by atoms with Crippen molar-refractivity contribution >= 4 is 21.9 Å². The van der Waals surface area contributed by atoms with E-state index in [4.69, 9.17) is 9.52 Å². The summed E-state index contributed by atoms with van der Waals surface area (Å²) in [4.78, 5) is 23.2. The second kappa shape index (κ2) is 7.53. The molecule has 0 aromatic carbocycles. The number of carbonyl (C=O) groups is 2. The summed E-state index contributed by atoms with van der Waals surface area (Å²) < 4.78 is 34.2. The summed E-state index contributed by atoms with van der Waals surface area (Å²) in [7, 11) is -2.30. The number of carbonyl (C=O) groups excluding carboxylic acids is 1. The van der Waals surface area contributed by atoms with E-state index in [-0.39, 0.29) is 28.5 Å². The third kappa shape index (κ3) is 4.37. The number of carboxylic acid groups (broad SMARTS) is 1. The molecule has 10 nitrogen and oxygen atoms in total. The number of carboxylic acids is 1. The van der Waals surface area contributed by atoms with Crippen LogP contribution in [0.25, 0.3) is 0 Å². The number of aromatic carboxylic acids is 1. The molecule has 0 spiro atoms. The normalized spacial score (nSPS) is 12.8. The smallest absolute Gasteiger partial charge is 0.339 e. The lowest BCUT2D eigenvalue weighted by Gasteiger charge is -2.14. The van der Waals surface area contributed by atoms with Gasteiger partial charge in [0.05, 0.1) is 24.0 Å². The fourth-order valence-electron chi connectivity index (χ4n) is 2.66. The summed E-state index contributed by atoms with van der Waals surface area (Å²) in [6.45, 7) is 6.04. The van der Waals surface area contributed by atoms with E-state index in [9.17, 15) is 18.0 Å². The van der Waals surface area contributed by atoms with Gasteiger partial charge in [0.2, 0.25) is 15.9 Å². The van der Waals surface area contributed by atoms with Crippen LogP contribution in [-0.4, -0.2) is 41.2 Å². The summed E-state index contributed by atoms with van der Waals surface area (Å²) >= 11 is 0. The molecule has 0 saturated heterocycles. The summed E-state index contributed by atoms with van der Waals surface area (Å²) in [5.74, 6) is -1.23. The second-order valence-corrected chi connectivity index (χ2v) is 7.82. The summed E-state index contributed by atoms with van der Waals surface area (Å²) in [6.07, 6.45) is 0. The van der Waals surface area contributed by atoms with Crippen LogP contribution in [0, 0.1) is 20.8 Å². The van der Waals surface area contributed by atoms with Gasteiger partial charge in [0.25, 0.3) is 0 Å². The minimum absolute atomic E-state index is 0.00975. The fourth-order valence-corrected chi connectivity index (χ4v) is 4.30. The Morgan fingerprint density at radius 1 is 1.33 bits per heavy atom. The van der Waals surface area contributed by atoms with Crippen molar-refractivity contribution in [2.75, 3.05) is 0 Å². The van der Waals surface area contributed by atoms with Crippen LogP contribution in [0.2, 0.25) is 0 Å². The van der Waals surface area contributed by atoms with Crippen LogP contribution < -0.4 is 10.0 Å². The largest absolute Gasteiger partial charge is 0.478 e. The topological polar surface area (TPSA) is 144 Å². The monoisotopic (exact) mass is 398 g/mol. The Kier molecular flexibility index (Phi) is 5.76. The molecule has 1 amide bonds. The van der Waals surface area contributed by atoms with Gasteiger partial charge in [-0.2, -0.15) is 9.82 Å². The summed E-state index contributed by atoms with van der Waals surface area (Å²) in [6, 6.07) is 0.263. The molecule has 11 heteroatoms. The summed E-state index contributed by atoms with van der Waals surface area (Å²) in [5.41, 5.74) is 0.803. The van der Waals surface area contributed by atoms with Crippen LogP contribution in [-0.2, 0) is 28.4 Å². The van der Waals surface area contributed by atoms with E-state index in [1.165, 1.54) is 24.6 Å². The van der Waals surface area contributed by atoms with Crippen molar-refractivity contribution in [3.8, 4) is 0 Å². The van der Waals surface area contributed by atoms with E-state index in [0.29, 0.717) is 11.4 Å². The zero-order chi connectivity index (χ0) is 20.5. The Labute approximate surface area is 156 Å².